The standard InChI is InChI=1S/C12H14BrNO4S/c1-18-12(15)9-6-7-14(8-9)19(16,17)11-5-3-2-4-10(11)13/h2-5,9H,6-8H2,1H3. The van der Waals surface area contributed by atoms with E-state index in [0.29, 0.717) is 17.4 Å². The van der Waals surface area contributed by atoms with Gasteiger partial charge in [0.15, 0.2) is 0 Å². The highest BCUT2D eigenvalue weighted by molar-refractivity contribution is 9.10. The fourth-order valence-electron chi connectivity index (χ4n) is 2.10. The lowest BCUT2D eigenvalue weighted by molar-refractivity contribution is -0.144. The molecule has 1 unspecified atom stereocenters. The van der Waals surface area contributed by atoms with E-state index in [9.17, 15) is 13.2 Å². The van der Waals surface area contributed by atoms with Crippen LogP contribution >= 0.6 is 15.9 Å². The molecule has 0 saturated carbocycles. The summed E-state index contributed by atoms with van der Waals surface area (Å²) < 4.78 is 31.4. The molecule has 5 nitrogen and oxygen atoms in total. The van der Waals surface area contributed by atoms with E-state index in [-0.39, 0.29) is 23.3 Å². The van der Waals surface area contributed by atoms with Gasteiger partial charge in [0, 0.05) is 17.6 Å². The van der Waals surface area contributed by atoms with Gasteiger partial charge in [-0.05, 0) is 34.5 Å². The van der Waals surface area contributed by atoms with Crippen molar-refractivity contribution in [2.24, 2.45) is 5.92 Å². The van der Waals surface area contributed by atoms with E-state index in [2.05, 4.69) is 20.7 Å². The molecule has 1 aliphatic rings. The van der Waals surface area contributed by atoms with Crippen LogP contribution in [0.1, 0.15) is 6.42 Å². The van der Waals surface area contributed by atoms with Gasteiger partial charge in [-0.25, -0.2) is 8.42 Å². The summed E-state index contributed by atoms with van der Waals surface area (Å²) in [7, 11) is -2.25. The Morgan fingerprint density at radius 1 is 1.42 bits per heavy atom. The van der Waals surface area contributed by atoms with Gasteiger partial charge in [0.1, 0.15) is 0 Å². The van der Waals surface area contributed by atoms with Crippen molar-refractivity contribution in [3.05, 3.63) is 28.7 Å². The lowest BCUT2D eigenvalue weighted by atomic mass is 10.1. The summed E-state index contributed by atoms with van der Waals surface area (Å²) >= 11 is 3.24. The van der Waals surface area contributed by atoms with E-state index >= 15 is 0 Å². The molecule has 0 aromatic heterocycles. The molecule has 0 radical (unpaired) electrons. The molecule has 1 fully saturated rings. The predicted octanol–water partition coefficient (Wildman–Crippen LogP) is 1.63. The first-order valence-corrected chi connectivity index (χ1v) is 8.02. The maximum Gasteiger partial charge on any atom is 0.310 e. The molecule has 19 heavy (non-hydrogen) atoms. The number of methoxy groups -OCH3 is 1. The molecule has 1 aromatic carbocycles. The number of carbonyl (C=O) groups is 1. The molecule has 0 aliphatic carbocycles. The summed E-state index contributed by atoms with van der Waals surface area (Å²) in [6.07, 6.45) is 0.496. The highest BCUT2D eigenvalue weighted by Crippen LogP contribution is 2.29. The monoisotopic (exact) mass is 347 g/mol. The Morgan fingerprint density at radius 2 is 2.11 bits per heavy atom. The number of hydrogen-bond donors (Lipinski definition) is 0. The van der Waals surface area contributed by atoms with Crippen LogP contribution in [-0.2, 0) is 19.6 Å². The van der Waals surface area contributed by atoms with Crippen molar-refractivity contribution in [1.82, 2.24) is 4.31 Å². The summed E-state index contributed by atoms with van der Waals surface area (Å²) in [5, 5.41) is 0. The van der Waals surface area contributed by atoms with Crippen molar-refractivity contribution in [3.63, 3.8) is 0 Å². The van der Waals surface area contributed by atoms with Crippen LogP contribution in [0.3, 0.4) is 0 Å². The second-order valence-corrected chi connectivity index (χ2v) is 7.06. The summed E-state index contributed by atoms with van der Waals surface area (Å²) in [5.74, 6) is -0.730. The van der Waals surface area contributed by atoms with Gasteiger partial charge in [0.2, 0.25) is 10.0 Å². The molecule has 7 heteroatoms. The SMILES string of the molecule is COC(=O)C1CCN(S(=O)(=O)c2ccccc2Br)C1. The molecule has 1 heterocycles. The molecule has 1 aromatic rings. The average Bonchev–Trinajstić information content (AvgIpc) is 2.88. The van der Waals surface area contributed by atoms with Gasteiger partial charge in [0.25, 0.3) is 0 Å². The van der Waals surface area contributed by atoms with Gasteiger partial charge in [-0.1, -0.05) is 12.1 Å². The molecule has 0 spiro atoms. The minimum Gasteiger partial charge on any atom is -0.469 e. The maximum atomic E-state index is 12.5. The zero-order valence-electron chi connectivity index (χ0n) is 10.4. The van der Waals surface area contributed by atoms with E-state index in [1.54, 1.807) is 24.3 Å². The van der Waals surface area contributed by atoms with Gasteiger partial charge < -0.3 is 4.74 Å². The van der Waals surface area contributed by atoms with Crippen LogP contribution in [0.15, 0.2) is 33.6 Å². The summed E-state index contributed by atoms with van der Waals surface area (Å²) in [5.41, 5.74) is 0. The number of nitrogens with zero attached hydrogens (tertiary/aromatic N) is 1. The van der Waals surface area contributed by atoms with Crippen LogP contribution < -0.4 is 0 Å². The number of sulfonamides is 1. The first-order valence-electron chi connectivity index (χ1n) is 5.79. The van der Waals surface area contributed by atoms with Crippen LogP contribution in [0.4, 0.5) is 0 Å². The first kappa shape index (κ1) is 14.5. The molecule has 0 amide bonds. The van der Waals surface area contributed by atoms with Crippen LogP contribution in [0, 0.1) is 5.92 Å². The lowest BCUT2D eigenvalue weighted by Gasteiger charge is -2.17. The number of hydrogen-bond acceptors (Lipinski definition) is 4. The normalized spacial score (nSPS) is 20.4. The zero-order valence-corrected chi connectivity index (χ0v) is 12.8. The topological polar surface area (TPSA) is 63.7 Å². The third-order valence-electron chi connectivity index (χ3n) is 3.14. The van der Waals surface area contributed by atoms with Crippen molar-refractivity contribution < 1.29 is 17.9 Å². The van der Waals surface area contributed by atoms with Gasteiger partial charge in [-0.3, -0.25) is 4.79 Å². The van der Waals surface area contributed by atoms with Crippen LogP contribution in [-0.4, -0.2) is 38.9 Å². The van der Waals surface area contributed by atoms with Crippen molar-refractivity contribution in [1.29, 1.82) is 0 Å². The maximum absolute atomic E-state index is 12.5. The van der Waals surface area contributed by atoms with Gasteiger partial charge in [0.05, 0.1) is 17.9 Å². The number of ether oxygens (including phenoxy) is 1. The largest absolute Gasteiger partial charge is 0.469 e. The third-order valence-corrected chi connectivity index (χ3v) is 6.02. The molecule has 1 aliphatic heterocycles. The number of benzene rings is 1. The van der Waals surface area contributed by atoms with Crippen molar-refractivity contribution in [2.75, 3.05) is 20.2 Å². The highest BCUT2D eigenvalue weighted by atomic mass is 79.9. The Balaban J connectivity index is 2.24. The number of carbonyl (C=O) groups excluding carboxylic acids is 1. The first-order chi connectivity index (χ1) is 8.96. The molecule has 0 bridgehead atoms. The van der Waals surface area contributed by atoms with Crippen molar-refractivity contribution in [3.8, 4) is 0 Å². The highest BCUT2D eigenvalue weighted by Gasteiger charge is 2.36. The van der Waals surface area contributed by atoms with E-state index in [1.807, 2.05) is 0 Å². The fraction of sp³-hybridized carbons (Fsp3) is 0.417. The van der Waals surface area contributed by atoms with Gasteiger partial charge >= 0.3 is 5.97 Å². The van der Waals surface area contributed by atoms with E-state index < -0.39 is 10.0 Å². The summed E-state index contributed by atoms with van der Waals surface area (Å²) in [6, 6.07) is 6.65. The average molecular weight is 348 g/mol. The minimum atomic E-state index is -3.57. The Bertz CT molecular complexity index is 587. The smallest absolute Gasteiger partial charge is 0.310 e. The summed E-state index contributed by atoms with van der Waals surface area (Å²) in [6.45, 7) is 0.514. The fourth-order valence-corrected chi connectivity index (χ4v) is 4.56. The second kappa shape index (κ2) is 5.60. The van der Waals surface area contributed by atoms with Crippen molar-refractivity contribution in [2.45, 2.75) is 11.3 Å². The molecular weight excluding hydrogens is 334 g/mol. The zero-order chi connectivity index (χ0) is 14.0. The van der Waals surface area contributed by atoms with Crippen LogP contribution in [0.2, 0.25) is 0 Å². The molecule has 1 saturated heterocycles. The molecule has 0 N–H and O–H groups in total. The van der Waals surface area contributed by atoms with Crippen LogP contribution in [0.25, 0.3) is 0 Å². The second-order valence-electron chi connectivity index (χ2n) is 4.30. The number of rotatable bonds is 3. The van der Waals surface area contributed by atoms with Gasteiger partial charge in [-0.2, -0.15) is 4.31 Å². The quantitative estimate of drug-likeness (QED) is 0.779. The predicted molar refractivity (Wildman–Crippen MR) is 73.0 cm³/mol. The van der Waals surface area contributed by atoms with Crippen LogP contribution in [0.5, 0.6) is 0 Å². The molecule has 2 rings (SSSR count). The van der Waals surface area contributed by atoms with E-state index in [0.717, 1.165) is 0 Å². The Morgan fingerprint density at radius 3 is 2.74 bits per heavy atom. The Labute approximate surface area is 120 Å². The van der Waals surface area contributed by atoms with Gasteiger partial charge in [-0.15, -0.1) is 0 Å². The molecular formula is C12H14BrNO4S. The third kappa shape index (κ3) is 2.82. The number of halogens is 1. The van der Waals surface area contributed by atoms with E-state index in [4.69, 9.17) is 0 Å². The number of esters is 1. The van der Waals surface area contributed by atoms with Crippen molar-refractivity contribution >= 4 is 31.9 Å². The molecule has 104 valence electrons. The summed E-state index contributed by atoms with van der Waals surface area (Å²) in [4.78, 5) is 11.7. The Hall–Kier alpha value is -0.920. The van der Waals surface area contributed by atoms with E-state index in [1.165, 1.54) is 11.4 Å². The minimum absolute atomic E-state index is 0.177. The Kier molecular flexibility index (Phi) is 4.27. The molecule has 1 atom stereocenters. The lowest BCUT2D eigenvalue weighted by Crippen LogP contribution is -2.30.